The van der Waals surface area contributed by atoms with Gasteiger partial charge in [0, 0.05) is 6.04 Å². The summed E-state index contributed by atoms with van der Waals surface area (Å²) in [6, 6.07) is 11.3. The van der Waals surface area contributed by atoms with Crippen LogP contribution in [-0.2, 0) is 6.42 Å². The van der Waals surface area contributed by atoms with Crippen molar-refractivity contribution in [2.75, 3.05) is 0 Å². The number of benzene rings is 1. The molecule has 1 rings (SSSR count). The molecule has 0 aliphatic heterocycles. The standard InChI is InChI=1S/C15H23N/c1-3-9-15(16-4-2)13-8-12-14-10-6-5-7-11-14/h4-7,10-11,15-16H,2-3,8-9,12-13H2,1H3. The Morgan fingerprint density at radius 1 is 1.25 bits per heavy atom. The molecule has 0 aromatic heterocycles. The Balaban J connectivity index is 2.24. The zero-order chi connectivity index (χ0) is 11.6. The number of rotatable bonds is 8. The van der Waals surface area contributed by atoms with Crippen LogP contribution in [0.15, 0.2) is 43.1 Å². The predicted molar refractivity (Wildman–Crippen MR) is 71.4 cm³/mol. The van der Waals surface area contributed by atoms with Crippen LogP contribution in [-0.4, -0.2) is 6.04 Å². The molecule has 0 saturated heterocycles. The summed E-state index contributed by atoms with van der Waals surface area (Å²) >= 11 is 0. The molecule has 0 saturated carbocycles. The third-order valence-electron chi connectivity index (χ3n) is 2.85. The Morgan fingerprint density at radius 3 is 2.62 bits per heavy atom. The van der Waals surface area contributed by atoms with Crippen molar-refractivity contribution in [2.45, 2.75) is 45.1 Å². The van der Waals surface area contributed by atoms with E-state index < -0.39 is 0 Å². The summed E-state index contributed by atoms with van der Waals surface area (Å²) in [5.41, 5.74) is 1.44. The van der Waals surface area contributed by atoms with E-state index >= 15 is 0 Å². The van der Waals surface area contributed by atoms with Gasteiger partial charge in [0.25, 0.3) is 0 Å². The first-order chi connectivity index (χ1) is 7.86. The van der Waals surface area contributed by atoms with Gasteiger partial charge in [-0.15, -0.1) is 0 Å². The SMILES string of the molecule is C=CNC(CCC)CCCc1ccccc1. The van der Waals surface area contributed by atoms with Crippen LogP contribution in [0.3, 0.4) is 0 Å². The van der Waals surface area contributed by atoms with E-state index in [-0.39, 0.29) is 0 Å². The highest BCUT2D eigenvalue weighted by atomic mass is 14.9. The van der Waals surface area contributed by atoms with Crippen molar-refractivity contribution in [2.24, 2.45) is 0 Å². The lowest BCUT2D eigenvalue weighted by atomic mass is 10.0. The third-order valence-corrected chi connectivity index (χ3v) is 2.85. The highest BCUT2D eigenvalue weighted by Crippen LogP contribution is 2.09. The first kappa shape index (κ1) is 12.8. The van der Waals surface area contributed by atoms with Crippen LogP contribution >= 0.6 is 0 Å². The fourth-order valence-electron chi connectivity index (χ4n) is 2.02. The third kappa shape index (κ3) is 5.01. The summed E-state index contributed by atoms with van der Waals surface area (Å²) in [4.78, 5) is 0. The van der Waals surface area contributed by atoms with Crippen LogP contribution in [0.2, 0.25) is 0 Å². The largest absolute Gasteiger partial charge is 0.389 e. The molecular formula is C15H23N. The Labute approximate surface area is 99.6 Å². The molecular weight excluding hydrogens is 194 g/mol. The lowest BCUT2D eigenvalue weighted by Gasteiger charge is -2.16. The maximum Gasteiger partial charge on any atom is 0.0255 e. The second-order valence-electron chi connectivity index (χ2n) is 4.23. The number of aryl methyl sites for hydroxylation is 1. The van der Waals surface area contributed by atoms with Gasteiger partial charge >= 0.3 is 0 Å². The first-order valence-corrected chi connectivity index (χ1v) is 6.27. The van der Waals surface area contributed by atoms with E-state index in [1.807, 2.05) is 6.20 Å². The maximum absolute atomic E-state index is 3.74. The van der Waals surface area contributed by atoms with Crippen LogP contribution in [0.4, 0.5) is 0 Å². The quantitative estimate of drug-likeness (QED) is 0.696. The van der Waals surface area contributed by atoms with Crippen LogP contribution in [0.5, 0.6) is 0 Å². The van der Waals surface area contributed by atoms with E-state index in [0.29, 0.717) is 6.04 Å². The van der Waals surface area contributed by atoms with Gasteiger partial charge in [-0.05, 0) is 37.4 Å². The summed E-state index contributed by atoms with van der Waals surface area (Å²) in [5, 5.41) is 3.33. The second-order valence-corrected chi connectivity index (χ2v) is 4.23. The Kier molecular flexibility index (Phi) is 6.39. The summed E-state index contributed by atoms with van der Waals surface area (Å²) < 4.78 is 0. The van der Waals surface area contributed by atoms with Crippen molar-refractivity contribution in [3.05, 3.63) is 48.7 Å². The second kappa shape index (κ2) is 7.98. The van der Waals surface area contributed by atoms with Crippen molar-refractivity contribution in [3.8, 4) is 0 Å². The molecule has 16 heavy (non-hydrogen) atoms. The molecule has 0 spiro atoms. The predicted octanol–water partition coefficient (Wildman–Crippen LogP) is 3.91. The fourth-order valence-corrected chi connectivity index (χ4v) is 2.02. The van der Waals surface area contributed by atoms with E-state index in [9.17, 15) is 0 Å². The van der Waals surface area contributed by atoms with E-state index in [2.05, 4.69) is 49.2 Å². The number of hydrogen-bond acceptors (Lipinski definition) is 1. The molecule has 0 amide bonds. The highest BCUT2D eigenvalue weighted by Gasteiger charge is 2.04. The minimum atomic E-state index is 0.603. The summed E-state index contributed by atoms with van der Waals surface area (Å²) in [6.45, 7) is 5.97. The normalized spacial score (nSPS) is 12.1. The van der Waals surface area contributed by atoms with Gasteiger partial charge in [0.2, 0.25) is 0 Å². The molecule has 0 aliphatic carbocycles. The van der Waals surface area contributed by atoms with Crippen LogP contribution in [0.1, 0.15) is 38.2 Å². The Hall–Kier alpha value is -1.24. The topological polar surface area (TPSA) is 12.0 Å². The first-order valence-electron chi connectivity index (χ1n) is 6.27. The summed E-state index contributed by atoms with van der Waals surface area (Å²) in [7, 11) is 0. The zero-order valence-corrected chi connectivity index (χ0v) is 10.3. The van der Waals surface area contributed by atoms with Gasteiger partial charge in [0.1, 0.15) is 0 Å². The molecule has 1 N–H and O–H groups in total. The lowest BCUT2D eigenvalue weighted by molar-refractivity contribution is 0.485. The summed E-state index contributed by atoms with van der Waals surface area (Å²) in [5.74, 6) is 0. The van der Waals surface area contributed by atoms with E-state index in [1.54, 1.807) is 0 Å². The number of nitrogens with one attached hydrogen (secondary N) is 1. The van der Waals surface area contributed by atoms with Crippen LogP contribution in [0.25, 0.3) is 0 Å². The molecule has 0 heterocycles. The molecule has 1 nitrogen and oxygen atoms in total. The van der Waals surface area contributed by atoms with Gasteiger partial charge in [-0.25, -0.2) is 0 Å². The van der Waals surface area contributed by atoms with Crippen molar-refractivity contribution in [1.82, 2.24) is 5.32 Å². The molecule has 1 aromatic carbocycles. The molecule has 1 aromatic rings. The smallest absolute Gasteiger partial charge is 0.0255 e. The molecule has 1 atom stereocenters. The highest BCUT2D eigenvalue weighted by molar-refractivity contribution is 5.14. The van der Waals surface area contributed by atoms with Crippen LogP contribution < -0.4 is 5.32 Å². The van der Waals surface area contributed by atoms with Crippen molar-refractivity contribution in [1.29, 1.82) is 0 Å². The van der Waals surface area contributed by atoms with Crippen molar-refractivity contribution in [3.63, 3.8) is 0 Å². The van der Waals surface area contributed by atoms with Gasteiger partial charge < -0.3 is 5.32 Å². The van der Waals surface area contributed by atoms with E-state index in [1.165, 1.54) is 37.7 Å². The van der Waals surface area contributed by atoms with Gasteiger partial charge in [-0.1, -0.05) is 50.3 Å². The zero-order valence-electron chi connectivity index (χ0n) is 10.3. The monoisotopic (exact) mass is 217 g/mol. The van der Waals surface area contributed by atoms with E-state index in [4.69, 9.17) is 0 Å². The summed E-state index contributed by atoms with van der Waals surface area (Å²) in [6.07, 6.45) is 7.95. The molecule has 0 bridgehead atoms. The fraction of sp³-hybridized carbons (Fsp3) is 0.467. The molecule has 0 aliphatic rings. The van der Waals surface area contributed by atoms with Gasteiger partial charge in [0.15, 0.2) is 0 Å². The van der Waals surface area contributed by atoms with Crippen molar-refractivity contribution >= 4 is 0 Å². The van der Waals surface area contributed by atoms with E-state index in [0.717, 1.165) is 0 Å². The Bertz CT molecular complexity index is 279. The minimum absolute atomic E-state index is 0.603. The molecule has 0 fully saturated rings. The maximum atomic E-state index is 3.74. The molecule has 88 valence electrons. The van der Waals surface area contributed by atoms with Gasteiger partial charge in [-0.2, -0.15) is 0 Å². The average molecular weight is 217 g/mol. The van der Waals surface area contributed by atoms with Crippen LogP contribution in [0, 0.1) is 0 Å². The Morgan fingerprint density at radius 2 is 2.00 bits per heavy atom. The lowest BCUT2D eigenvalue weighted by Crippen LogP contribution is -2.23. The van der Waals surface area contributed by atoms with Crippen molar-refractivity contribution < 1.29 is 0 Å². The van der Waals surface area contributed by atoms with Gasteiger partial charge in [-0.3, -0.25) is 0 Å². The molecule has 1 unspecified atom stereocenters. The minimum Gasteiger partial charge on any atom is -0.389 e. The number of hydrogen-bond donors (Lipinski definition) is 1. The molecule has 1 heteroatoms. The average Bonchev–Trinajstić information content (AvgIpc) is 2.31. The van der Waals surface area contributed by atoms with Gasteiger partial charge in [0.05, 0.1) is 0 Å². The molecule has 0 radical (unpaired) electrons.